The number of aryl methyl sites for hydroxylation is 1. The Labute approximate surface area is 152 Å². The molecule has 6 heteroatoms. The lowest BCUT2D eigenvalue weighted by Crippen LogP contribution is -2.08. The van der Waals surface area contributed by atoms with Crippen molar-refractivity contribution < 1.29 is 9.53 Å². The van der Waals surface area contributed by atoms with Crippen molar-refractivity contribution in [3.8, 4) is 0 Å². The molecule has 0 unspecified atom stereocenters. The van der Waals surface area contributed by atoms with Crippen molar-refractivity contribution >= 4 is 28.6 Å². The summed E-state index contributed by atoms with van der Waals surface area (Å²) in [5.74, 6) is 0.511. The first-order valence-corrected chi connectivity index (χ1v) is 9.24. The van der Waals surface area contributed by atoms with Gasteiger partial charge in [0.1, 0.15) is 0 Å². The molecule has 5 nitrogen and oxygen atoms in total. The average molecular weight is 357 g/mol. The fourth-order valence-corrected chi connectivity index (χ4v) is 3.83. The number of imidazole rings is 1. The zero-order chi connectivity index (χ0) is 18.0. The van der Waals surface area contributed by atoms with Gasteiger partial charge in [-0.3, -0.25) is 4.79 Å². The Morgan fingerprint density at radius 1 is 1.28 bits per heavy atom. The Kier molecular flexibility index (Phi) is 5.30. The number of benzene rings is 1. The van der Waals surface area contributed by atoms with E-state index in [-0.39, 0.29) is 5.78 Å². The van der Waals surface area contributed by atoms with Crippen LogP contribution in [0.15, 0.2) is 35.5 Å². The first-order valence-electron chi connectivity index (χ1n) is 8.26. The molecule has 2 heterocycles. The van der Waals surface area contributed by atoms with Gasteiger partial charge in [-0.2, -0.15) is 0 Å². The Balaban J connectivity index is 1.82. The maximum Gasteiger partial charge on any atom is 0.175 e. The van der Waals surface area contributed by atoms with E-state index in [9.17, 15) is 4.79 Å². The molecule has 25 heavy (non-hydrogen) atoms. The van der Waals surface area contributed by atoms with Gasteiger partial charge in [-0.1, -0.05) is 23.9 Å². The Morgan fingerprint density at radius 2 is 2.04 bits per heavy atom. The summed E-state index contributed by atoms with van der Waals surface area (Å²) in [7, 11) is 3.68. The molecule has 0 aliphatic heterocycles. The van der Waals surface area contributed by atoms with Crippen molar-refractivity contribution in [2.24, 2.45) is 7.05 Å². The molecule has 0 atom stereocenters. The number of para-hydroxylation sites is 2. The number of aromatic nitrogens is 3. The lowest BCUT2D eigenvalue weighted by atomic mass is 10.2. The van der Waals surface area contributed by atoms with Crippen LogP contribution in [0.2, 0.25) is 0 Å². The van der Waals surface area contributed by atoms with Crippen molar-refractivity contribution in [1.29, 1.82) is 0 Å². The summed E-state index contributed by atoms with van der Waals surface area (Å²) in [5, 5.41) is 0.858. The van der Waals surface area contributed by atoms with Crippen LogP contribution < -0.4 is 0 Å². The van der Waals surface area contributed by atoms with Crippen LogP contribution in [0.3, 0.4) is 0 Å². The summed E-state index contributed by atoms with van der Waals surface area (Å²) < 4.78 is 9.39. The second-order valence-corrected chi connectivity index (χ2v) is 7.03. The van der Waals surface area contributed by atoms with Crippen LogP contribution in [0, 0.1) is 13.8 Å². The minimum atomic E-state index is 0.136. The number of hydrogen-bond acceptors (Lipinski definition) is 4. The Hall–Kier alpha value is -2.05. The van der Waals surface area contributed by atoms with Crippen molar-refractivity contribution in [1.82, 2.24) is 14.1 Å². The van der Waals surface area contributed by atoms with E-state index in [2.05, 4.69) is 15.6 Å². The number of ketones is 1. The SMILES string of the molecule is COCCn1c(SCC(=O)c2cc(C)n(C)c2C)nc2ccccc21. The topological polar surface area (TPSA) is 49.0 Å². The first kappa shape index (κ1) is 17.8. The highest BCUT2D eigenvalue weighted by Crippen LogP contribution is 2.25. The summed E-state index contributed by atoms with van der Waals surface area (Å²) in [6, 6.07) is 9.99. The van der Waals surface area contributed by atoms with E-state index in [1.165, 1.54) is 11.8 Å². The second kappa shape index (κ2) is 7.45. The van der Waals surface area contributed by atoms with Gasteiger partial charge in [0.05, 0.1) is 23.4 Å². The zero-order valence-electron chi connectivity index (χ0n) is 15.1. The summed E-state index contributed by atoms with van der Waals surface area (Å²) in [5.41, 5.74) is 4.92. The summed E-state index contributed by atoms with van der Waals surface area (Å²) in [6.07, 6.45) is 0. The van der Waals surface area contributed by atoms with Crippen LogP contribution in [0.25, 0.3) is 11.0 Å². The van der Waals surface area contributed by atoms with E-state index in [0.29, 0.717) is 12.4 Å². The lowest BCUT2D eigenvalue weighted by Gasteiger charge is -2.08. The quantitative estimate of drug-likeness (QED) is 0.479. The molecular formula is C19H23N3O2S. The maximum absolute atomic E-state index is 12.6. The third-order valence-electron chi connectivity index (χ3n) is 4.55. The molecule has 1 aromatic carbocycles. The van der Waals surface area contributed by atoms with Crippen molar-refractivity contribution in [2.75, 3.05) is 19.5 Å². The molecule has 0 bridgehead atoms. The van der Waals surface area contributed by atoms with E-state index in [1.807, 2.05) is 49.7 Å². The smallest absolute Gasteiger partial charge is 0.175 e. The molecule has 0 saturated heterocycles. The number of methoxy groups -OCH3 is 1. The molecule has 0 aliphatic carbocycles. The molecule has 3 rings (SSSR count). The molecule has 132 valence electrons. The summed E-state index contributed by atoms with van der Waals surface area (Å²) >= 11 is 1.49. The minimum Gasteiger partial charge on any atom is -0.383 e. The molecule has 2 aromatic heterocycles. The molecule has 0 fully saturated rings. The zero-order valence-corrected chi connectivity index (χ0v) is 15.9. The van der Waals surface area contributed by atoms with Crippen LogP contribution in [-0.4, -0.2) is 39.4 Å². The summed E-state index contributed by atoms with van der Waals surface area (Å²) in [6.45, 7) is 5.33. The highest BCUT2D eigenvalue weighted by Gasteiger charge is 2.17. The number of hydrogen-bond donors (Lipinski definition) is 0. The van der Waals surface area contributed by atoms with Gasteiger partial charge in [-0.05, 0) is 32.0 Å². The van der Waals surface area contributed by atoms with Gasteiger partial charge in [-0.15, -0.1) is 0 Å². The Bertz CT molecular complexity index is 911. The van der Waals surface area contributed by atoms with Crippen molar-refractivity contribution in [3.63, 3.8) is 0 Å². The van der Waals surface area contributed by atoms with E-state index in [0.717, 1.165) is 39.7 Å². The monoisotopic (exact) mass is 357 g/mol. The van der Waals surface area contributed by atoms with Crippen LogP contribution in [0.4, 0.5) is 0 Å². The molecule has 0 saturated carbocycles. The summed E-state index contributed by atoms with van der Waals surface area (Å²) in [4.78, 5) is 17.3. The molecule has 0 radical (unpaired) electrons. The van der Waals surface area contributed by atoms with Crippen molar-refractivity contribution in [2.45, 2.75) is 25.5 Å². The molecule has 0 aliphatic rings. The molecule has 3 aromatic rings. The second-order valence-electron chi connectivity index (χ2n) is 6.08. The van der Waals surface area contributed by atoms with Gasteiger partial charge in [0.25, 0.3) is 0 Å². The number of carbonyl (C=O) groups excluding carboxylic acids is 1. The number of ether oxygens (including phenoxy) is 1. The maximum atomic E-state index is 12.6. The average Bonchev–Trinajstić information content (AvgIpc) is 3.10. The third-order valence-corrected chi connectivity index (χ3v) is 5.52. The van der Waals surface area contributed by atoms with Crippen LogP contribution in [-0.2, 0) is 18.3 Å². The normalized spacial score (nSPS) is 11.4. The molecule has 0 N–H and O–H groups in total. The van der Waals surface area contributed by atoms with Gasteiger partial charge in [-0.25, -0.2) is 4.98 Å². The molecule has 0 amide bonds. The number of fused-ring (bicyclic) bond motifs is 1. The number of nitrogens with zero attached hydrogens (tertiary/aromatic N) is 3. The van der Waals surface area contributed by atoms with E-state index in [1.54, 1.807) is 7.11 Å². The minimum absolute atomic E-state index is 0.136. The highest BCUT2D eigenvalue weighted by atomic mass is 32.2. The number of carbonyl (C=O) groups is 1. The molecular weight excluding hydrogens is 334 g/mol. The fraction of sp³-hybridized carbons (Fsp3) is 0.368. The van der Waals surface area contributed by atoms with Gasteiger partial charge in [0.15, 0.2) is 10.9 Å². The van der Waals surface area contributed by atoms with Crippen LogP contribution >= 0.6 is 11.8 Å². The van der Waals surface area contributed by atoms with Gasteiger partial charge >= 0.3 is 0 Å². The van der Waals surface area contributed by atoms with Crippen molar-refractivity contribution in [3.05, 3.63) is 47.3 Å². The van der Waals surface area contributed by atoms with E-state index in [4.69, 9.17) is 4.74 Å². The predicted molar refractivity (Wildman–Crippen MR) is 102 cm³/mol. The number of Topliss-reactive ketones (excluding diaryl/α,β-unsaturated/α-hetero) is 1. The van der Waals surface area contributed by atoms with Crippen LogP contribution in [0.1, 0.15) is 21.7 Å². The predicted octanol–water partition coefficient (Wildman–Crippen LogP) is 3.61. The number of rotatable bonds is 7. The standard InChI is InChI=1S/C19H23N3O2S/c1-13-11-15(14(2)21(13)3)18(23)12-25-19-20-16-7-5-6-8-17(16)22(19)9-10-24-4/h5-8,11H,9-10,12H2,1-4H3. The van der Waals surface area contributed by atoms with Crippen LogP contribution in [0.5, 0.6) is 0 Å². The lowest BCUT2D eigenvalue weighted by molar-refractivity contribution is 0.102. The van der Waals surface area contributed by atoms with E-state index >= 15 is 0 Å². The fourth-order valence-electron chi connectivity index (χ4n) is 2.91. The largest absolute Gasteiger partial charge is 0.383 e. The highest BCUT2D eigenvalue weighted by molar-refractivity contribution is 7.99. The van der Waals surface area contributed by atoms with Gasteiger partial charge < -0.3 is 13.9 Å². The van der Waals surface area contributed by atoms with Gasteiger partial charge in [0, 0.05) is 37.7 Å². The number of thioether (sulfide) groups is 1. The third kappa shape index (κ3) is 3.50. The first-order chi connectivity index (χ1) is 12.0. The van der Waals surface area contributed by atoms with Gasteiger partial charge in [0.2, 0.25) is 0 Å². The Morgan fingerprint density at radius 3 is 2.72 bits per heavy atom. The molecule has 0 spiro atoms. The van der Waals surface area contributed by atoms with E-state index < -0.39 is 0 Å².